The molecule has 0 saturated heterocycles. The molecular formula is C16H18F3NO4. The summed E-state index contributed by atoms with van der Waals surface area (Å²) in [4.78, 5) is 13.2. The van der Waals surface area contributed by atoms with Crippen LogP contribution in [0.1, 0.15) is 29.5 Å². The first-order chi connectivity index (χ1) is 11.0. The van der Waals surface area contributed by atoms with Gasteiger partial charge in [0.05, 0.1) is 13.0 Å². The first kappa shape index (κ1) is 18.1. The Labute approximate surface area is 136 Å². The molecule has 2 aromatic rings. The number of aryl methyl sites for hydroxylation is 2. The van der Waals surface area contributed by atoms with Gasteiger partial charge in [0.25, 0.3) is 0 Å². The highest BCUT2D eigenvalue weighted by atomic mass is 19.4. The predicted octanol–water partition coefficient (Wildman–Crippen LogP) is 3.29. The van der Waals surface area contributed by atoms with Crippen LogP contribution in [0.2, 0.25) is 0 Å². The Balaban J connectivity index is 2.18. The van der Waals surface area contributed by atoms with Crippen molar-refractivity contribution in [2.75, 3.05) is 7.05 Å². The number of rotatable bonds is 5. The zero-order chi connectivity index (χ0) is 18.1. The van der Waals surface area contributed by atoms with Crippen LogP contribution >= 0.6 is 0 Å². The molecule has 2 rings (SSSR count). The van der Waals surface area contributed by atoms with Crippen molar-refractivity contribution in [2.24, 2.45) is 0 Å². The van der Waals surface area contributed by atoms with Crippen LogP contribution in [0.4, 0.5) is 13.2 Å². The highest BCUT2D eigenvalue weighted by Gasteiger charge is 2.58. The number of carbonyl (C=O) groups excluding carboxylic acids is 1. The molecule has 2 aromatic heterocycles. The van der Waals surface area contributed by atoms with Crippen molar-refractivity contribution >= 4 is 5.91 Å². The predicted molar refractivity (Wildman–Crippen MR) is 77.9 cm³/mol. The van der Waals surface area contributed by atoms with Gasteiger partial charge in [-0.15, -0.1) is 0 Å². The van der Waals surface area contributed by atoms with E-state index in [0.717, 1.165) is 11.0 Å². The second kappa shape index (κ2) is 6.35. The minimum Gasteiger partial charge on any atom is -0.464 e. The standard InChI is InChI=1S/C16H18F3NO4/c1-10-4-6-12(23-10)9-20(3)14(21)8-15(22,16(17,18)19)13-7-5-11(2)24-13/h4-7,22H,8-9H2,1-3H3. The number of nitrogens with zero attached hydrogens (tertiary/aromatic N) is 1. The van der Waals surface area contributed by atoms with E-state index in [1.165, 1.54) is 20.0 Å². The average Bonchev–Trinajstić information content (AvgIpc) is 3.06. The monoisotopic (exact) mass is 345 g/mol. The van der Waals surface area contributed by atoms with Gasteiger partial charge in [-0.1, -0.05) is 0 Å². The van der Waals surface area contributed by atoms with E-state index in [1.54, 1.807) is 19.1 Å². The summed E-state index contributed by atoms with van der Waals surface area (Å²) in [5.74, 6) is -0.322. The molecule has 8 heteroatoms. The fourth-order valence-corrected chi connectivity index (χ4v) is 2.23. The summed E-state index contributed by atoms with van der Waals surface area (Å²) in [6, 6.07) is 5.63. The van der Waals surface area contributed by atoms with Gasteiger partial charge in [0.1, 0.15) is 23.0 Å². The molecule has 0 fully saturated rings. The summed E-state index contributed by atoms with van der Waals surface area (Å²) >= 11 is 0. The largest absolute Gasteiger partial charge is 0.464 e. The summed E-state index contributed by atoms with van der Waals surface area (Å²) in [5.41, 5.74) is -3.38. The summed E-state index contributed by atoms with van der Waals surface area (Å²) in [7, 11) is 1.34. The fourth-order valence-electron chi connectivity index (χ4n) is 2.23. The lowest BCUT2D eigenvalue weighted by atomic mass is 9.95. The topological polar surface area (TPSA) is 66.8 Å². The molecular weight excluding hydrogens is 327 g/mol. The summed E-state index contributed by atoms with van der Waals surface area (Å²) in [6.07, 6.45) is -6.24. The van der Waals surface area contributed by atoms with Crippen molar-refractivity contribution < 1.29 is 31.9 Å². The second-order valence-corrected chi connectivity index (χ2v) is 5.71. The van der Waals surface area contributed by atoms with Crippen LogP contribution in [0.15, 0.2) is 33.1 Å². The molecule has 0 aliphatic rings. The number of alkyl halides is 3. The third-order valence-electron chi connectivity index (χ3n) is 3.64. The molecule has 5 nitrogen and oxygen atoms in total. The quantitative estimate of drug-likeness (QED) is 0.903. The molecule has 0 saturated carbocycles. The molecule has 0 aromatic carbocycles. The van der Waals surface area contributed by atoms with E-state index in [2.05, 4.69) is 0 Å². The van der Waals surface area contributed by atoms with Crippen LogP contribution in [0.25, 0.3) is 0 Å². The van der Waals surface area contributed by atoms with E-state index in [4.69, 9.17) is 8.83 Å². The number of amides is 1. The van der Waals surface area contributed by atoms with Crippen LogP contribution in [-0.4, -0.2) is 29.1 Å². The minimum absolute atomic E-state index is 0.00219. The molecule has 2 heterocycles. The SMILES string of the molecule is Cc1ccc(CN(C)C(=O)CC(O)(c2ccc(C)o2)C(F)(F)F)o1. The van der Waals surface area contributed by atoms with Gasteiger partial charge < -0.3 is 18.8 Å². The molecule has 0 bridgehead atoms. The van der Waals surface area contributed by atoms with Crippen LogP contribution in [0, 0.1) is 13.8 Å². The Kier molecular flexibility index (Phi) is 4.80. The molecule has 132 valence electrons. The third-order valence-corrected chi connectivity index (χ3v) is 3.64. The maximum absolute atomic E-state index is 13.4. The first-order valence-corrected chi connectivity index (χ1v) is 7.18. The summed E-state index contributed by atoms with van der Waals surface area (Å²) in [6.45, 7) is 3.16. The molecule has 0 aliphatic carbocycles. The number of hydrogen-bond acceptors (Lipinski definition) is 4. The lowest BCUT2D eigenvalue weighted by molar-refractivity contribution is -0.274. The molecule has 0 aliphatic heterocycles. The number of hydrogen-bond donors (Lipinski definition) is 1. The van der Waals surface area contributed by atoms with E-state index >= 15 is 0 Å². The van der Waals surface area contributed by atoms with E-state index in [1.807, 2.05) is 0 Å². The fraction of sp³-hybridized carbons (Fsp3) is 0.438. The summed E-state index contributed by atoms with van der Waals surface area (Å²) < 4.78 is 50.3. The Hall–Kier alpha value is -2.22. The van der Waals surface area contributed by atoms with Crippen molar-refractivity contribution in [2.45, 2.75) is 38.6 Å². The van der Waals surface area contributed by atoms with Gasteiger partial charge in [0, 0.05) is 7.05 Å². The molecule has 24 heavy (non-hydrogen) atoms. The highest BCUT2D eigenvalue weighted by Crippen LogP contribution is 2.42. The van der Waals surface area contributed by atoms with E-state index in [-0.39, 0.29) is 12.3 Å². The van der Waals surface area contributed by atoms with Crippen molar-refractivity contribution in [3.63, 3.8) is 0 Å². The van der Waals surface area contributed by atoms with Crippen LogP contribution < -0.4 is 0 Å². The van der Waals surface area contributed by atoms with Crippen molar-refractivity contribution in [1.29, 1.82) is 0 Å². The normalized spacial score (nSPS) is 14.5. The molecule has 1 unspecified atom stereocenters. The van der Waals surface area contributed by atoms with Crippen molar-refractivity contribution in [1.82, 2.24) is 4.90 Å². The highest BCUT2D eigenvalue weighted by molar-refractivity contribution is 5.77. The molecule has 1 atom stereocenters. The molecule has 1 N–H and O–H groups in total. The maximum atomic E-state index is 13.4. The summed E-state index contributed by atoms with van der Waals surface area (Å²) in [5, 5.41) is 10.1. The van der Waals surface area contributed by atoms with Gasteiger partial charge in [-0.2, -0.15) is 13.2 Å². The Bertz CT molecular complexity index is 719. The zero-order valence-corrected chi connectivity index (χ0v) is 13.5. The molecule has 0 spiro atoms. The van der Waals surface area contributed by atoms with Gasteiger partial charge in [-0.3, -0.25) is 4.79 Å². The van der Waals surface area contributed by atoms with E-state index < -0.39 is 29.9 Å². The van der Waals surface area contributed by atoms with Crippen molar-refractivity contribution in [3.8, 4) is 0 Å². The van der Waals surface area contributed by atoms with E-state index in [9.17, 15) is 23.1 Å². The molecule has 0 radical (unpaired) electrons. The van der Waals surface area contributed by atoms with Crippen LogP contribution in [0.5, 0.6) is 0 Å². The smallest absolute Gasteiger partial charge is 0.425 e. The Morgan fingerprint density at radius 3 is 2.17 bits per heavy atom. The number of carbonyl (C=O) groups is 1. The van der Waals surface area contributed by atoms with Gasteiger partial charge in [-0.05, 0) is 38.1 Å². The number of furan rings is 2. The minimum atomic E-state index is -5.06. The average molecular weight is 345 g/mol. The zero-order valence-electron chi connectivity index (χ0n) is 13.5. The van der Waals surface area contributed by atoms with Gasteiger partial charge in [0.15, 0.2) is 0 Å². The second-order valence-electron chi connectivity index (χ2n) is 5.71. The number of halogens is 3. The third kappa shape index (κ3) is 3.64. The van der Waals surface area contributed by atoms with Gasteiger partial charge in [0.2, 0.25) is 11.5 Å². The van der Waals surface area contributed by atoms with Crippen LogP contribution in [0.3, 0.4) is 0 Å². The Morgan fingerprint density at radius 1 is 1.12 bits per heavy atom. The van der Waals surface area contributed by atoms with Crippen molar-refractivity contribution in [3.05, 3.63) is 47.3 Å². The lowest BCUT2D eigenvalue weighted by Gasteiger charge is -2.29. The van der Waals surface area contributed by atoms with Crippen LogP contribution in [-0.2, 0) is 16.9 Å². The lowest BCUT2D eigenvalue weighted by Crippen LogP contribution is -2.46. The first-order valence-electron chi connectivity index (χ1n) is 7.18. The molecule has 1 amide bonds. The Morgan fingerprint density at radius 2 is 1.71 bits per heavy atom. The maximum Gasteiger partial charge on any atom is 0.425 e. The number of aliphatic hydroxyl groups is 1. The van der Waals surface area contributed by atoms with Gasteiger partial charge >= 0.3 is 6.18 Å². The van der Waals surface area contributed by atoms with Gasteiger partial charge in [-0.25, -0.2) is 0 Å². The van der Waals surface area contributed by atoms with E-state index in [0.29, 0.717) is 11.5 Å².